The number of aliphatic hydroxyl groups is 1. The van der Waals surface area contributed by atoms with Crippen molar-refractivity contribution in [3.63, 3.8) is 0 Å². The molecule has 1 aromatic carbocycles. The summed E-state index contributed by atoms with van der Waals surface area (Å²) in [5.74, 6) is -1.53. The molecule has 0 saturated heterocycles. The van der Waals surface area contributed by atoms with Gasteiger partial charge in [0.2, 0.25) is 0 Å². The second-order valence-electron chi connectivity index (χ2n) is 4.26. The van der Waals surface area contributed by atoms with Crippen LogP contribution in [0.3, 0.4) is 0 Å². The molecule has 0 heterocycles. The molecule has 2 N–H and O–H groups in total. The summed E-state index contributed by atoms with van der Waals surface area (Å²) in [7, 11) is 0. The van der Waals surface area contributed by atoms with Gasteiger partial charge in [0.15, 0.2) is 10.9 Å². The molecule has 2 atom stereocenters. The van der Waals surface area contributed by atoms with E-state index in [1.807, 2.05) is 6.26 Å². The Hall–Kier alpha value is -0.950. The molecule has 0 bridgehead atoms. The number of benzene rings is 1. The van der Waals surface area contributed by atoms with Crippen LogP contribution in [0.4, 0.5) is 0 Å². The van der Waals surface area contributed by atoms with Gasteiger partial charge in [0, 0.05) is 4.90 Å². The lowest BCUT2D eigenvalue weighted by Crippen LogP contribution is -2.47. The summed E-state index contributed by atoms with van der Waals surface area (Å²) in [5, 5.41) is 12.7. The van der Waals surface area contributed by atoms with E-state index in [-0.39, 0.29) is 6.61 Å². The van der Waals surface area contributed by atoms with Gasteiger partial charge in [-0.2, -0.15) is 0 Å². The molecule has 0 aliphatic heterocycles. The van der Waals surface area contributed by atoms with Gasteiger partial charge in [-0.15, -0.1) is 11.8 Å². The van der Waals surface area contributed by atoms with Crippen molar-refractivity contribution in [1.82, 2.24) is 5.32 Å². The summed E-state index contributed by atoms with van der Waals surface area (Å²) in [5.41, 5.74) is 0.469. The van der Waals surface area contributed by atoms with Crippen LogP contribution in [0.2, 0.25) is 0 Å². The van der Waals surface area contributed by atoms with Gasteiger partial charge in [0.25, 0.3) is 5.91 Å². The highest BCUT2D eigenvalue weighted by Gasteiger charge is 2.32. The van der Waals surface area contributed by atoms with Gasteiger partial charge in [0.1, 0.15) is 6.10 Å². The number of carbonyl (C=O) groups excluding carboxylic acids is 2. The second kappa shape index (κ2) is 9.25. The van der Waals surface area contributed by atoms with Crippen LogP contribution in [0.1, 0.15) is 18.6 Å². The molecule has 8 heteroatoms. The number of amides is 1. The minimum absolute atomic E-state index is 0.120. The fourth-order valence-electron chi connectivity index (χ4n) is 1.71. The number of alkyl halides is 2. The van der Waals surface area contributed by atoms with E-state index in [1.165, 1.54) is 0 Å². The number of esters is 1. The molecule has 0 unspecified atom stereocenters. The van der Waals surface area contributed by atoms with Gasteiger partial charge < -0.3 is 15.2 Å². The van der Waals surface area contributed by atoms with Crippen LogP contribution < -0.4 is 5.32 Å². The third kappa shape index (κ3) is 5.35. The average molecular weight is 366 g/mol. The van der Waals surface area contributed by atoms with Gasteiger partial charge in [-0.05, 0) is 30.9 Å². The van der Waals surface area contributed by atoms with E-state index < -0.39 is 28.9 Å². The van der Waals surface area contributed by atoms with Crippen LogP contribution >= 0.6 is 35.0 Å². The summed E-state index contributed by atoms with van der Waals surface area (Å²) in [6.45, 7) is 1.75. The standard InChI is InChI=1S/C14H17Cl2NO4S/c1-3-21-14(20)10(17-13(19)12(15)16)11(18)8-4-6-9(22-2)7-5-8/h4-7,10-12,18H,3H2,1-2H3,(H,17,19)/t10-,11+/m0/s1. The first-order chi connectivity index (χ1) is 10.4. The predicted octanol–water partition coefficient (Wildman–Crippen LogP) is 2.29. The van der Waals surface area contributed by atoms with E-state index in [0.29, 0.717) is 5.56 Å². The fourth-order valence-corrected chi connectivity index (χ4v) is 2.24. The maximum Gasteiger partial charge on any atom is 0.331 e. The molecule has 5 nitrogen and oxygen atoms in total. The zero-order valence-electron chi connectivity index (χ0n) is 12.1. The van der Waals surface area contributed by atoms with Crippen LogP contribution in [-0.4, -0.2) is 40.7 Å². The summed E-state index contributed by atoms with van der Waals surface area (Å²) in [6.07, 6.45) is 0.653. The summed E-state index contributed by atoms with van der Waals surface area (Å²) in [4.78, 5) is 23.2. The lowest BCUT2D eigenvalue weighted by molar-refractivity contribution is -0.150. The maximum absolute atomic E-state index is 12.0. The molecule has 122 valence electrons. The smallest absolute Gasteiger partial charge is 0.331 e. The Morgan fingerprint density at radius 3 is 2.36 bits per heavy atom. The first kappa shape index (κ1) is 19.1. The second-order valence-corrected chi connectivity index (χ2v) is 6.23. The van der Waals surface area contributed by atoms with Crippen molar-refractivity contribution in [2.75, 3.05) is 12.9 Å². The zero-order valence-corrected chi connectivity index (χ0v) is 14.4. The third-order valence-corrected chi connectivity index (χ3v) is 3.95. The number of thioether (sulfide) groups is 1. The van der Waals surface area contributed by atoms with Crippen molar-refractivity contribution >= 4 is 46.8 Å². The summed E-state index contributed by atoms with van der Waals surface area (Å²) in [6, 6.07) is 5.67. The molecule has 1 aromatic rings. The summed E-state index contributed by atoms with van der Waals surface area (Å²) >= 11 is 12.5. The third-order valence-electron chi connectivity index (χ3n) is 2.81. The highest BCUT2D eigenvalue weighted by Crippen LogP contribution is 2.22. The lowest BCUT2D eigenvalue weighted by Gasteiger charge is -2.23. The Kier molecular flexibility index (Phi) is 8.03. The Balaban J connectivity index is 2.96. The number of hydrogen-bond acceptors (Lipinski definition) is 5. The molecule has 0 aromatic heterocycles. The zero-order chi connectivity index (χ0) is 16.7. The van der Waals surface area contributed by atoms with E-state index in [0.717, 1.165) is 4.90 Å². The highest BCUT2D eigenvalue weighted by atomic mass is 35.5. The molecule has 0 saturated carbocycles. The number of halogens is 2. The molecular formula is C14H17Cl2NO4S. The molecule has 1 amide bonds. The highest BCUT2D eigenvalue weighted by molar-refractivity contribution is 7.98. The van der Waals surface area contributed by atoms with Crippen molar-refractivity contribution in [2.45, 2.75) is 28.8 Å². The largest absolute Gasteiger partial charge is 0.464 e. The van der Waals surface area contributed by atoms with Gasteiger partial charge in [0.05, 0.1) is 6.61 Å². The molecule has 0 aliphatic carbocycles. The Bertz CT molecular complexity index is 510. The molecule has 1 rings (SSSR count). The van der Waals surface area contributed by atoms with Gasteiger partial charge in [-0.3, -0.25) is 4.79 Å². The van der Waals surface area contributed by atoms with Gasteiger partial charge >= 0.3 is 5.97 Å². The Morgan fingerprint density at radius 1 is 1.32 bits per heavy atom. The quantitative estimate of drug-likeness (QED) is 0.440. The Labute approximate surface area is 143 Å². The number of carbonyl (C=O) groups is 2. The first-order valence-corrected chi connectivity index (χ1v) is 8.57. The van der Waals surface area contributed by atoms with Crippen LogP contribution in [0.5, 0.6) is 0 Å². The number of rotatable bonds is 7. The summed E-state index contributed by atoms with van der Waals surface area (Å²) < 4.78 is 4.87. The van der Waals surface area contributed by atoms with E-state index in [1.54, 1.807) is 43.0 Å². The van der Waals surface area contributed by atoms with Crippen LogP contribution in [0.15, 0.2) is 29.2 Å². The molecule has 0 spiro atoms. The average Bonchev–Trinajstić information content (AvgIpc) is 2.51. The first-order valence-electron chi connectivity index (χ1n) is 6.47. The van der Waals surface area contributed by atoms with E-state index >= 15 is 0 Å². The monoisotopic (exact) mass is 365 g/mol. The van der Waals surface area contributed by atoms with E-state index in [4.69, 9.17) is 27.9 Å². The SMILES string of the molecule is CCOC(=O)[C@@H](NC(=O)C(Cl)Cl)[C@H](O)c1ccc(SC)cc1. The predicted molar refractivity (Wildman–Crippen MR) is 87.2 cm³/mol. The number of hydrogen-bond donors (Lipinski definition) is 2. The topological polar surface area (TPSA) is 75.6 Å². The van der Waals surface area contributed by atoms with Crippen LogP contribution in [-0.2, 0) is 14.3 Å². The van der Waals surface area contributed by atoms with Crippen LogP contribution in [0.25, 0.3) is 0 Å². The van der Waals surface area contributed by atoms with E-state index in [2.05, 4.69) is 5.32 Å². The molecule has 0 aliphatic rings. The van der Waals surface area contributed by atoms with Crippen LogP contribution in [0, 0.1) is 0 Å². The number of nitrogens with one attached hydrogen (secondary N) is 1. The van der Waals surface area contributed by atoms with Crippen molar-refractivity contribution in [1.29, 1.82) is 0 Å². The van der Waals surface area contributed by atoms with Crippen molar-refractivity contribution < 1.29 is 19.4 Å². The minimum Gasteiger partial charge on any atom is -0.464 e. The number of aliphatic hydroxyl groups excluding tert-OH is 1. The van der Waals surface area contributed by atoms with Crippen molar-refractivity contribution in [2.24, 2.45) is 0 Å². The normalized spacial score (nSPS) is 13.5. The molecule has 22 heavy (non-hydrogen) atoms. The lowest BCUT2D eigenvalue weighted by atomic mass is 10.0. The molecular weight excluding hydrogens is 349 g/mol. The molecule has 0 radical (unpaired) electrons. The maximum atomic E-state index is 12.0. The fraction of sp³-hybridized carbons (Fsp3) is 0.429. The van der Waals surface area contributed by atoms with Gasteiger partial charge in [-0.25, -0.2) is 4.79 Å². The number of ether oxygens (including phenoxy) is 1. The van der Waals surface area contributed by atoms with Crippen molar-refractivity contribution in [3.8, 4) is 0 Å². The van der Waals surface area contributed by atoms with E-state index in [9.17, 15) is 14.7 Å². The molecule has 0 fully saturated rings. The van der Waals surface area contributed by atoms with Gasteiger partial charge in [-0.1, -0.05) is 35.3 Å². The Morgan fingerprint density at radius 2 is 1.91 bits per heavy atom. The minimum atomic E-state index is -1.34. The van der Waals surface area contributed by atoms with Crippen molar-refractivity contribution in [3.05, 3.63) is 29.8 Å².